The maximum atomic E-state index is 12.0. The number of ether oxygens (including phenoxy) is 1. The van der Waals surface area contributed by atoms with E-state index in [1.165, 1.54) is 0 Å². The molecule has 5 heteroatoms. The largest absolute Gasteiger partial charge is 0.454 e. The van der Waals surface area contributed by atoms with Crippen LogP contribution >= 0.6 is 11.3 Å². The second kappa shape index (κ2) is 7.19. The van der Waals surface area contributed by atoms with Gasteiger partial charge in [-0.3, -0.25) is 4.79 Å². The summed E-state index contributed by atoms with van der Waals surface area (Å²) in [5.41, 5.74) is 2.76. The van der Waals surface area contributed by atoms with Gasteiger partial charge in [0.05, 0.1) is 16.3 Å². The lowest BCUT2D eigenvalue weighted by Crippen LogP contribution is -2.14. The minimum atomic E-state index is -0.514. The Hall–Kier alpha value is -2.79. The van der Waals surface area contributed by atoms with Crippen LogP contribution in [-0.4, -0.2) is 23.3 Å². The van der Waals surface area contributed by atoms with E-state index < -0.39 is 5.97 Å². The molecular formula is C19H15NO3S. The predicted molar refractivity (Wildman–Crippen MR) is 93.3 cm³/mol. The molecule has 24 heavy (non-hydrogen) atoms. The summed E-state index contributed by atoms with van der Waals surface area (Å²) in [4.78, 5) is 28.4. The Morgan fingerprint density at radius 1 is 1.00 bits per heavy atom. The number of ketones is 1. The number of Topliss-reactive ketones (excluding diaryl/α,β-unsaturated/α-hetero) is 1. The van der Waals surface area contributed by atoms with Gasteiger partial charge in [0.25, 0.3) is 0 Å². The molecule has 1 heterocycles. The van der Waals surface area contributed by atoms with Gasteiger partial charge in [-0.05, 0) is 19.1 Å². The molecular weight excluding hydrogens is 322 g/mol. The maximum Gasteiger partial charge on any atom is 0.338 e. The van der Waals surface area contributed by atoms with E-state index in [1.54, 1.807) is 47.7 Å². The molecule has 0 aliphatic heterocycles. The maximum absolute atomic E-state index is 12.0. The van der Waals surface area contributed by atoms with E-state index in [0.29, 0.717) is 11.1 Å². The van der Waals surface area contributed by atoms with E-state index in [-0.39, 0.29) is 12.4 Å². The van der Waals surface area contributed by atoms with E-state index in [2.05, 4.69) is 4.98 Å². The number of nitrogens with zero attached hydrogens (tertiary/aromatic N) is 1. The van der Waals surface area contributed by atoms with Crippen LogP contribution in [0.3, 0.4) is 0 Å². The fourth-order valence-corrected chi connectivity index (χ4v) is 2.82. The SMILES string of the molecule is Cc1nc(-c2ccc(C(=O)OCC(=O)c3ccccc3)cc2)cs1. The van der Waals surface area contributed by atoms with Crippen LogP contribution in [0.2, 0.25) is 0 Å². The van der Waals surface area contributed by atoms with Gasteiger partial charge < -0.3 is 4.74 Å². The number of thiazole rings is 1. The van der Waals surface area contributed by atoms with Gasteiger partial charge in [0.2, 0.25) is 0 Å². The third-order valence-corrected chi connectivity index (χ3v) is 4.24. The second-order valence-corrected chi connectivity index (χ2v) is 6.26. The molecule has 0 aliphatic rings. The number of rotatable bonds is 5. The number of esters is 1. The molecule has 1 aromatic heterocycles. The van der Waals surface area contributed by atoms with E-state index in [0.717, 1.165) is 16.3 Å². The van der Waals surface area contributed by atoms with Crippen molar-refractivity contribution in [2.75, 3.05) is 6.61 Å². The Balaban J connectivity index is 1.62. The number of aromatic nitrogens is 1. The Morgan fingerprint density at radius 3 is 2.33 bits per heavy atom. The molecule has 3 rings (SSSR count). The van der Waals surface area contributed by atoms with Crippen LogP contribution < -0.4 is 0 Å². The van der Waals surface area contributed by atoms with Crippen LogP contribution in [0.5, 0.6) is 0 Å². The van der Waals surface area contributed by atoms with Gasteiger partial charge in [-0.25, -0.2) is 9.78 Å². The van der Waals surface area contributed by atoms with Crippen molar-refractivity contribution in [2.24, 2.45) is 0 Å². The van der Waals surface area contributed by atoms with Crippen molar-refractivity contribution < 1.29 is 14.3 Å². The van der Waals surface area contributed by atoms with Crippen LogP contribution in [0.1, 0.15) is 25.7 Å². The predicted octanol–water partition coefficient (Wildman–Crippen LogP) is 4.16. The Bertz CT molecular complexity index is 854. The molecule has 0 aliphatic carbocycles. The van der Waals surface area contributed by atoms with Crippen molar-refractivity contribution in [3.63, 3.8) is 0 Å². The topological polar surface area (TPSA) is 56.3 Å². The first-order valence-corrected chi connectivity index (χ1v) is 8.29. The number of carbonyl (C=O) groups is 2. The first-order valence-electron chi connectivity index (χ1n) is 7.41. The minimum absolute atomic E-state index is 0.224. The van der Waals surface area contributed by atoms with Gasteiger partial charge >= 0.3 is 5.97 Å². The Labute approximate surface area is 143 Å². The molecule has 0 saturated carbocycles. The number of benzene rings is 2. The van der Waals surface area contributed by atoms with E-state index in [9.17, 15) is 9.59 Å². The third-order valence-electron chi connectivity index (χ3n) is 3.47. The molecule has 3 aromatic rings. The van der Waals surface area contributed by atoms with E-state index >= 15 is 0 Å². The Kier molecular flexibility index (Phi) is 4.82. The van der Waals surface area contributed by atoms with Gasteiger partial charge in [0, 0.05) is 16.5 Å². The molecule has 0 spiro atoms. The summed E-state index contributed by atoms with van der Waals surface area (Å²) < 4.78 is 5.09. The average molecular weight is 337 g/mol. The lowest BCUT2D eigenvalue weighted by atomic mass is 10.1. The van der Waals surface area contributed by atoms with Crippen molar-refractivity contribution >= 4 is 23.1 Å². The quantitative estimate of drug-likeness (QED) is 0.518. The summed E-state index contributed by atoms with van der Waals surface area (Å²) in [6.07, 6.45) is 0. The molecule has 4 nitrogen and oxygen atoms in total. The molecule has 120 valence electrons. The Morgan fingerprint density at radius 2 is 1.71 bits per heavy atom. The summed E-state index contributed by atoms with van der Waals surface area (Å²) in [6.45, 7) is 1.68. The second-order valence-electron chi connectivity index (χ2n) is 5.19. The lowest BCUT2D eigenvalue weighted by Gasteiger charge is -2.05. The highest BCUT2D eigenvalue weighted by Gasteiger charge is 2.12. The molecule has 0 fully saturated rings. The lowest BCUT2D eigenvalue weighted by molar-refractivity contribution is 0.0475. The third kappa shape index (κ3) is 3.75. The minimum Gasteiger partial charge on any atom is -0.454 e. The van der Waals surface area contributed by atoms with Gasteiger partial charge in [-0.1, -0.05) is 42.5 Å². The standard InChI is InChI=1S/C19H15NO3S/c1-13-20-17(12-24-13)14-7-9-16(10-8-14)19(22)23-11-18(21)15-5-3-2-4-6-15/h2-10,12H,11H2,1H3. The normalized spacial score (nSPS) is 10.4. The van der Waals surface area contributed by atoms with Gasteiger partial charge in [0.15, 0.2) is 12.4 Å². The van der Waals surface area contributed by atoms with Crippen molar-refractivity contribution in [3.8, 4) is 11.3 Å². The number of aryl methyl sites for hydroxylation is 1. The van der Waals surface area contributed by atoms with Crippen molar-refractivity contribution in [1.82, 2.24) is 4.98 Å². The highest BCUT2D eigenvalue weighted by atomic mass is 32.1. The van der Waals surface area contributed by atoms with Crippen LogP contribution in [-0.2, 0) is 4.74 Å². The molecule has 0 bridgehead atoms. The highest BCUT2D eigenvalue weighted by Crippen LogP contribution is 2.22. The van der Waals surface area contributed by atoms with E-state index in [4.69, 9.17) is 4.74 Å². The molecule has 2 aromatic carbocycles. The van der Waals surface area contributed by atoms with Crippen molar-refractivity contribution in [1.29, 1.82) is 0 Å². The van der Waals surface area contributed by atoms with E-state index in [1.807, 2.05) is 30.5 Å². The number of carbonyl (C=O) groups excluding carboxylic acids is 2. The summed E-state index contributed by atoms with van der Waals surface area (Å²) in [6, 6.07) is 15.8. The molecule has 0 N–H and O–H groups in total. The number of hydrogen-bond acceptors (Lipinski definition) is 5. The average Bonchev–Trinajstić information content (AvgIpc) is 3.06. The molecule has 0 amide bonds. The van der Waals surface area contributed by atoms with Crippen LogP contribution in [0, 0.1) is 6.92 Å². The van der Waals surface area contributed by atoms with Crippen molar-refractivity contribution in [3.05, 3.63) is 76.1 Å². The van der Waals surface area contributed by atoms with Crippen LogP contribution in [0.15, 0.2) is 60.0 Å². The smallest absolute Gasteiger partial charge is 0.338 e. The fraction of sp³-hybridized carbons (Fsp3) is 0.105. The summed E-state index contributed by atoms with van der Waals surface area (Å²) in [7, 11) is 0. The molecule has 0 saturated heterocycles. The zero-order valence-corrected chi connectivity index (χ0v) is 13.9. The monoisotopic (exact) mass is 337 g/mol. The van der Waals surface area contributed by atoms with Gasteiger partial charge in [0.1, 0.15) is 0 Å². The first kappa shape index (κ1) is 16.1. The van der Waals surface area contributed by atoms with Crippen LogP contribution in [0.25, 0.3) is 11.3 Å². The fourth-order valence-electron chi connectivity index (χ4n) is 2.19. The zero-order chi connectivity index (χ0) is 16.9. The van der Waals surface area contributed by atoms with Crippen molar-refractivity contribution in [2.45, 2.75) is 6.92 Å². The summed E-state index contributed by atoms with van der Waals surface area (Å²) in [5.74, 6) is -0.737. The van der Waals surface area contributed by atoms with Crippen LogP contribution in [0.4, 0.5) is 0 Å². The highest BCUT2D eigenvalue weighted by molar-refractivity contribution is 7.09. The molecule has 0 atom stereocenters. The number of hydrogen-bond donors (Lipinski definition) is 0. The first-order chi connectivity index (χ1) is 11.6. The summed E-state index contributed by atoms with van der Waals surface area (Å²) in [5, 5.41) is 2.97. The zero-order valence-electron chi connectivity index (χ0n) is 13.1. The molecule has 0 unspecified atom stereocenters. The van der Waals surface area contributed by atoms with Gasteiger partial charge in [-0.2, -0.15) is 0 Å². The summed E-state index contributed by atoms with van der Waals surface area (Å²) >= 11 is 1.58. The molecule has 0 radical (unpaired) electrons. The van der Waals surface area contributed by atoms with Gasteiger partial charge in [-0.15, -0.1) is 11.3 Å².